The SMILES string of the molecule is C=C(N=C(N=C(C)Oc1ccc(OC(=C)N=C(N=C(C)OC(/C=C\CC2CCCCC2)=C/CC)Oc2ccc(C3CCCCC3)cc2)cc1)OC(/C=C\CC1CCCCC1)=C/C)Oc1ccc(C2CCCCC2)cc1. The van der Waals surface area contributed by atoms with Crippen molar-refractivity contribution in [2.45, 2.75) is 187 Å². The zero-order valence-electron chi connectivity index (χ0n) is 45.6. The summed E-state index contributed by atoms with van der Waals surface area (Å²) in [4.78, 5) is 18.6. The Morgan fingerprint density at radius 3 is 1.33 bits per heavy atom. The van der Waals surface area contributed by atoms with Crippen molar-refractivity contribution in [3.63, 3.8) is 0 Å². The van der Waals surface area contributed by atoms with E-state index in [4.69, 9.17) is 33.4 Å². The maximum Gasteiger partial charge on any atom is 0.328 e. The van der Waals surface area contributed by atoms with E-state index in [0.29, 0.717) is 58.3 Å². The first kappa shape index (κ1) is 56.3. The second-order valence-corrected chi connectivity index (χ2v) is 20.7. The summed E-state index contributed by atoms with van der Waals surface area (Å²) in [5.74, 6) is 7.13. The van der Waals surface area contributed by atoms with Gasteiger partial charge in [0.25, 0.3) is 0 Å². The van der Waals surface area contributed by atoms with Crippen molar-refractivity contribution in [3.05, 3.63) is 157 Å². The molecule has 0 bridgehead atoms. The average Bonchev–Trinajstić information content (AvgIpc) is 3.42. The van der Waals surface area contributed by atoms with E-state index in [2.05, 4.69) is 83.6 Å². The number of ether oxygens (including phenoxy) is 6. The highest BCUT2D eigenvalue weighted by Crippen LogP contribution is 2.35. The lowest BCUT2D eigenvalue weighted by Crippen LogP contribution is -2.12. The minimum Gasteiger partial charge on any atom is -0.443 e. The van der Waals surface area contributed by atoms with Crippen LogP contribution in [0.1, 0.15) is 198 Å². The van der Waals surface area contributed by atoms with E-state index in [9.17, 15) is 0 Å². The summed E-state index contributed by atoms with van der Waals surface area (Å²) in [7, 11) is 0. The van der Waals surface area contributed by atoms with Crippen molar-refractivity contribution in [1.29, 1.82) is 0 Å². The molecule has 4 saturated carbocycles. The fraction of sp³-hybridized carbons (Fsp3) is 0.477. The predicted molar refractivity (Wildman–Crippen MR) is 308 cm³/mol. The third-order valence-electron chi connectivity index (χ3n) is 14.7. The molecule has 0 aromatic heterocycles. The summed E-state index contributed by atoms with van der Waals surface area (Å²) in [5.41, 5.74) is 2.68. The highest BCUT2D eigenvalue weighted by atomic mass is 16.5. The van der Waals surface area contributed by atoms with Crippen molar-refractivity contribution >= 4 is 23.8 Å². The van der Waals surface area contributed by atoms with Crippen LogP contribution in [0.3, 0.4) is 0 Å². The molecular weight excluding hydrogens is 933 g/mol. The molecule has 0 amide bonds. The summed E-state index contributed by atoms with van der Waals surface area (Å²) in [6.45, 7) is 15.8. The molecule has 3 aromatic carbocycles. The zero-order valence-corrected chi connectivity index (χ0v) is 45.6. The maximum absolute atomic E-state index is 6.32. The van der Waals surface area contributed by atoms with Gasteiger partial charge in [-0.3, -0.25) is 0 Å². The van der Waals surface area contributed by atoms with E-state index in [0.717, 1.165) is 30.9 Å². The number of amidine groups is 2. The minimum atomic E-state index is 0.0334. The molecule has 10 heteroatoms. The molecule has 0 unspecified atom stereocenters. The number of nitrogens with zero attached hydrogens (tertiary/aromatic N) is 4. The monoisotopic (exact) mass is 1020 g/mol. The van der Waals surface area contributed by atoms with Gasteiger partial charge in [-0.25, -0.2) is 0 Å². The van der Waals surface area contributed by atoms with Crippen LogP contribution in [-0.4, -0.2) is 23.8 Å². The standard InChI is InChI=1S/C65H84N4O6/c1-7-23-59(35-22-29-53-26-15-10-16-27-53)70-48(3)68-65(75-63-42-38-57(39-43-63)55-32-19-12-20-33-55)69-51(6)73-62-46-44-61(45-47-62)72-50(5)67-64(74-58(8-2)34-21-28-52-24-13-9-14-25-52)66-49(4)71-60-40-36-56(37-41-60)54-30-17-11-18-31-54/h8,21-23,34-47,52-55H,4,6-7,9-20,24-33H2,1-3,5H3/b34-21-,35-22-,58-8+,59-23+,66-64?,67-50?,68-48?,69-65?. The lowest BCUT2D eigenvalue weighted by Gasteiger charge is -2.22. The molecule has 0 heterocycles. The molecule has 75 heavy (non-hydrogen) atoms. The Labute approximate surface area is 449 Å². The van der Waals surface area contributed by atoms with Crippen LogP contribution in [0.15, 0.2) is 166 Å². The number of benzene rings is 3. The van der Waals surface area contributed by atoms with Gasteiger partial charge >= 0.3 is 12.0 Å². The molecule has 0 spiro atoms. The van der Waals surface area contributed by atoms with Crippen LogP contribution in [-0.2, 0) is 9.47 Å². The lowest BCUT2D eigenvalue weighted by molar-refractivity contribution is 0.360. The van der Waals surface area contributed by atoms with E-state index in [-0.39, 0.29) is 23.8 Å². The molecule has 0 saturated heterocycles. The topological polar surface area (TPSA) is 105 Å². The molecule has 400 valence electrons. The molecule has 4 aliphatic carbocycles. The van der Waals surface area contributed by atoms with E-state index in [1.807, 2.05) is 43.3 Å². The molecular formula is C65H84N4O6. The Hall–Kier alpha value is -6.42. The van der Waals surface area contributed by atoms with E-state index in [1.54, 1.807) is 38.1 Å². The van der Waals surface area contributed by atoms with E-state index in [1.165, 1.54) is 140 Å². The number of aliphatic imine (C=N–C) groups is 4. The zero-order chi connectivity index (χ0) is 52.5. The van der Waals surface area contributed by atoms with Crippen molar-refractivity contribution in [1.82, 2.24) is 0 Å². The fourth-order valence-corrected chi connectivity index (χ4v) is 10.7. The number of rotatable bonds is 19. The van der Waals surface area contributed by atoms with Gasteiger partial charge in [-0.05, 0) is 173 Å². The second-order valence-electron chi connectivity index (χ2n) is 20.7. The summed E-state index contributed by atoms with van der Waals surface area (Å²) >= 11 is 0. The molecule has 3 aromatic rings. The molecule has 0 N–H and O–H groups in total. The van der Waals surface area contributed by atoms with Crippen molar-refractivity contribution in [2.24, 2.45) is 31.8 Å². The number of allylic oxidation sites excluding steroid dienone is 6. The Kier molecular flexibility index (Phi) is 23.1. The number of hydrogen-bond donors (Lipinski definition) is 0. The summed E-state index contributed by atoms with van der Waals surface area (Å²) in [6, 6.07) is 23.7. The first-order valence-corrected chi connectivity index (χ1v) is 28.4. The Morgan fingerprint density at radius 2 is 0.867 bits per heavy atom. The first-order chi connectivity index (χ1) is 36.7. The van der Waals surface area contributed by atoms with Crippen LogP contribution in [0.5, 0.6) is 23.0 Å². The van der Waals surface area contributed by atoms with Crippen LogP contribution in [0.2, 0.25) is 0 Å². The maximum atomic E-state index is 6.32. The lowest BCUT2D eigenvalue weighted by atomic mass is 9.84. The van der Waals surface area contributed by atoms with Crippen molar-refractivity contribution in [2.75, 3.05) is 0 Å². The molecule has 0 atom stereocenters. The highest BCUT2D eigenvalue weighted by Gasteiger charge is 2.19. The van der Waals surface area contributed by atoms with Crippen molar-refractivity contribution < 1.29 is 28.4 Å². The van der Waals surface area contributed by atoms with Crippen molar-refractivity contribution in [3.8, 4) is 23.0 Å². The highest BCUT2D eigenvalue weighted by molar-refractivity contribution is 5.92. The van der Waals surface area contributed by atoms with Crippen LogP contribution in [0.25, 0.3) is 0 Å². The van der Waals surface area contributed by atoms with Gasteiger partial charge in [0.2, 0.25) is 11.8 Å². The normalized spacial score (nSPS) is 18.8. The average molecular weight is 1020 g/mol. The molecule has 7 rings (SSSR count). The molecule has 10 nitrogen and oxygen atoms in total. The van der Waals surface area contributed by atoms with Crippen LogP contribution in [0.4, 0.5) is 0 Å². The third-order valence-corrected chi connectivity index (χ3v) is 14.7. The van der Waals surface area contributed by atoms with Crippen LogP contribution < -0.4 is 18.9 Å². The van der Waals surface area contributed by atoms with Crippen LogP contribution >= 0.6 is 0 Å². The van der Waals surface area contributed by atoms with Gasteiger partial charge in [0, 0.05) is 13.8 Å². The smallest absolute Gasteiger partial charge is 0.328 e. The van der Waals surface area contributed by atoms with Gasteiger partial charge in [0.15, 0.2) is 11.8 Å². The van der Waals surface area contributed by atoms with Gasteiger partial charge in [0.1, 0.15) is 34.5 Å². The third kappa shape index (κ3) is 20.0. The molecule has 0 radical (unpaired) electrons. The summed E-state index contributed by atoms with van der Waals surface area (Å²) < 4.78 is 37.3. The first-order valence-electron chi connectivity index (χ1n) is 28.4. The Bertz CT molecular complexity index is 2510. The Morgan fingerprint density at radius 1 is 0.467 bits per heavy atom. The molecule has 4 fully saturated rings. The molecule has 4 aliphatic rings. The minimum absolute atomic E-state index is 0.0334. The summed E-state index contributed by atoms with van der Waals surface area (Å²) in [5, 5.41) is 0. The quantitative estimate of drug-likeness (QED) is 0.0513. The Balaban J connectivity index is 1.02. The largest absolute Gasteiger partial charge is 0.443 e. The van der Waals surface area contributed by atoms with E-state index >= 15 is 0 Å². The molecule has 0 aliphatic heterocycles. The fourth-order valence-electron chi connectivity index (χ4n) is 10.7. The predicted octanol–water partition coefficient (Wildman–Crippen LogP) is 18.5. The number of hydrogen-bond acceptors (Lipinski definition) is 8. The van der Waals surface area contributed by atoms with Crippen LogP contribution in [0, 0.1) is 11.8 Å². The van der Waals surface area contributed by atoms with Gasteiger partial charge in [0.05, 0.1) is 0 Å². The van der Waals surface area contributed by atoms with E-state index < -0.39 is 0 Å². The van der Waals surface area contributed by atoms with Gasteiger partial charge in [-0.1, -0.05) is 146 Å². The summed E-state index contributed by atoms with van der Waals surface area (Å²) in [6.07, 6.45) is 41.0. The van der Waals surface area contributed by atoms with Gasteiger partial charge < -0.3 is 28.4 Å². The van der Waals surface area contributed by atoms with Gasteiger partial charge in [-0.2, -0.15) is 20.0 Å². The second kappa shape index (κ2) is 30.8. The van der Waals surface area contributed by atoms with Gasteiger partial charge in [-0.15, -0.1) is 0 Å².